The van der Waals surface area contributed by atoms with Crippen LogP contribution in [0.2, 0.25) is 0 Å². The van der Waals surface area contributed by atoms with Gasteiger partial charge in [-0.3, -0.25) is 0 Å². The van der Waals surface area contributed by atoms with E-state index in [1.54, 1.807) is 0 Å². The highest BCUT2D eigenvalue weighted by Crippen LogP contribution is 2.26. The van der Waals surface area contributed by atoms with Crippen molar-refractivity contribution in [1.29, 1.82) is 0 Å². The largest absolute Gasteiger partial charge is 0.490 e. The lowest BCUT2D eigenvalue weighted by Crippen LogP contribution is -2.09. The number of hydrogen-bond donors (Lipinski definition) is 1. The summed E-state index contributed by atoms with van der Waals surface area (Å²) in [6.45, 7) is 1.88. The van der Waals surface area contributed by atoms with Gasteiger partial charge in [-0.05, 0) is 52.8 Å². The van der Waals surface area contributed by atoms with Gasteiger partial charge in [0, 0.05) is 6.54 Å². The van der Waals surface area contributed by atoms with Crippen LogP contribution in [0.25, 0.3) is 0 Å². The Morgan fingerprint density at radius 1 is 1.00 bits per heavy atom. The van der Waals surface area contributed by atoms with E-state index < -0.39 is 0 Å². The first-order valence-electron chi connectivity index (χ1n) is 6.53. The number of para-hydroxylation sites is 1. The van der Waals surface area contributed by atoms with Crippen molar-refractivity contribution < 1.29 is 9.47 Å². The van der Waals surface area contributed by atoms with Crippen LogP contribution >= 0.6 is 15.9 Å². The Morgan fingerprint density at radius 3 is 2.45 bits per heavy atom. The van der Waals surface area contributed by atoms with Gasteiger partial charge < -0.3 is 14.8 Å². The predicted molar refractivity (Wildman–Crippen MR) is 84.3 cm³/mol. The molecule has 3 nitrogen and oxygen atoms in total. The molecule has 0 aliphatic rings. The van der Waals surface area contributed by atoms with Crippen LogP contribution in [0, 0.1) is 0 Å². The summed E-state index contributed by atoms with van der Waals surface area (Å²) in [5.41, 5.74) is 1.22. The smallest absolute Gasteiger partial charge is 0.133 e. The molecule has 4 heteroatoms. The molecule has 1 N–H and O–H groups in total. The maximum atomic E-state index is 5.70. The van der Waals surface area contributed by atoms with Crippen LogP contribution in [-0.2, 0) is 6.54 Å². The SMILES string of the molecule is CNCc1ccc(OCCOc2ccccc2)c(Br)c1. The van der Waals surface area contributed by atoms with E-state index in [1.165, 1.54) is 5.56 Å². The van der Waals surface area contributed by atoms with Gasteiger partial charge in [0.15, 0.2) is 0 Å². The van der Waals surface area contributed by atoms with Gasteiger partial charge in [0.05, 0.1) is 4.47 Å². The van der Waals surface area contributed by atoms with E-state index >= 15 is 0 Å². The van der Waals surface area contributed by atoms with Crippen LogP contribution in [0.15, 0.2) is 53.0 Å². The number of rotatable bonds is 7. The van der Waals surface area contributed by atoms with Gasteiger partial charge in [-0.2, -0.15) is 0 Å². The second kappa shape index (κ2) is 7.92. The molecule has 0 aliphatic carbocycles. The van der Waals surface area contributed by atoms with Crippen LogP contribution in [0.1, 0.15) is 5.56 Å². The maximum Gasteiger partial charge on any atom is 0.133 e. The minimum atomic E-state index is 0.513. The molecule has 0 heterocycles. The molecule has 2 aromatic rings. The van der Waals surface area contributed by atoms with Crippen molar-refractivity contribution in [2.45, 2.75) is 6.54 Å². The molecule has 0 spiro atoms. The first-order chi connectivity index (χ1) is 9.79. The molecule has 0 unspecified atom stereocenters. The summed E-state index contributed by atoms with van der Waals surface area (Å²) in [6, 6.07) is 15.8. The zero-order valence-electron chi connectivity index (χ0n) is 11.4. The van der Waals surface area contributed by atoms with Crippen LogP contribution in [0.3, 0.4) is 0 Å². The molecule has 0 radical (unpaired) electrons. The summed E-state index contributed by atoms with van der Waals surface area (Å²) in [7, 11) is 1.93. The topological polar surface area (TPSA) is 30.5 Å². The first kappa shape index (κ1) is 14.9. The molecule has 106 valence electrons. The van der Waals surface area contributed by atoms with Crippen molar-refractivity contribution in [3.63, 3.8) is 0 Å². The summed E-state index contributed by atoms with van der Waals surface area (Å²) in [4.78, 5) is 0. The Labute approximate surface area is 128 Å². The Bertz CT molecular complexity index is 531. The van der Waals surface area contributed by atoms with Gasteiger partial charge in [-0.1, -0.05) is 24.3 Å². The highest BCUT2D eigenvalue weighted by atomic mass is 79.9. The van der Waals surface area contributed by atoms with Crippen molar-refractivity contribution in [3.8, 4) is 11.5 Å². The molecule has 0 aliphatic heterocycles. The van der Waals surface area contributed by atoms with Gasteiger partial charge in [-0.15, -0.1) is 0 Å². The molecule has 0 bridgehead atoms. The number of ether oxygens (including phenoxy) is 2. The average Bonchev–Trinajstić information content (AvgIpc) is 2.47. The number of nitrogens with one attached hydrogen (secondary N) is 1. The normalized spacial score (nSPS) is 10.3. The first-order valence-corrected chi connectivity index (χ1v) is 7.32. The lowest BCUT2D eigenvalue weighted by atomic mass is 10.2. The molecule has 0 atom stereocenters. The zero-order valence-corrected chi connectivity index (χ0v) is 13.0. The van der Waals surface area contributed by atoms with Crippen LogP contribution in [0.5, 0.6) is 11.5 Å². The molecular formula is C16H18BrNO2. The Morgan fingerprint density at radius 2 is 1.75 bits per heavy atom. The van der Waals surface area contributed by atoms with E-state index in [0.717, 1.165) is 22.5 Å². The summed E-state index contributed by atoms with van der Waals surface area (Å²) >= 11 is 3.52. The fraction of sp³-hybridized carbons (Fsp3) is 0.250. The minimum Gasteiger partial charge on any atom is -0.490 e. The number of benzene rings is 2. The van der Waals surface area contributed by atoms with Crippen molar-refractivity contribution >= 4 is 15.9 Å². The molecule has 20 heavy (non-hydrogen) atoms. The van der Waals surface area contributed by atoms with E-state index in [1.807, 2.05) is 43.4 Å². The number of halogens is 1. The van der Waals surface area contributed by atoms with Gasteiger partial charge in [0.1, 0.15) is 24.7 Å². The lowest BCUT2D eigenvalue weighted by molar-refractivity contribution is 0.216. The van der Waals surface area contributed by atoms with E-state index in [9.17, 15) is 0 Å². The van der Waals surface area contributed by atoms with Gasteiger partial charge >= 0.3 is 0 Å². The molecule has 0 aromatic heterocycles. The number of hydrogen-bond acceptors (Lipinski definition) is 3. The summed E-state index contributed by atoms with van der Waals surface area (Å²) < 4.78 is 12.2. The van der Waals surface area contributed by atoms with Gasteiger partial charge in [0.25, 0.3) is 0 Å². The Kier molecular flexibility index (Phi) is 5.89. The van der Waals surface area contributed by atoms with E-state index in [0.29, 0.717) is 13.2 Å². The van der Waals surface area contributed by atoms with Crippen molar-refractivity contribution in [2.24, 2.45) is 0 Å². The quantitative estimate of drug-likeness (QED) is 0.784. The molecule has 0 saturated carbocycles. The minimum absolute atomic E-state index is 0.513. The predicted octanol–water partition coefficient (Wildman–Crippen LogP) is 3.63. The van der Waals surface area contributed by atoms with E-state index in [-0.39, 0.29) is 0 Å². The second-order valence-electron chi connectivity index (χ2n) is 4.31. The monoisotopic (exact) mass is 335 g/mol. The maximum absolute atomic E-state index is 5.70. The second-order valence-corrected chi connectivity index (χ2v) is 5.16. The Hall–Kier alpha value is -1.52. The highest BCUT2D eigenvalue weighted by molar-refractivity contribution is 9.10. The van der Waals surface area contributed by atoms with Crippen molar-refractivity contribution in [1.82, 2.24) is 5.32 Å². The van der Waals surface area contributed by atoms with E-state index in [4.69, 9.17) is 9.47 Å². The Balaban J connectivity index is 1.79. The lowest BCUT2D eigenvalue weighted by Gasteiger charge is -2.10. The summed E-state index contributed by atoms with van der Waals surface area (Å²) in [5, 5.41) is 3.12. The van der Waals surface area contributed by atoms with Crippen LogP contribution < -0.4 is 14.8 Å². The van der Waals surface area contributed by atoms with Crippen molar-refractivity contribution in [2.75, 3.05) is 20.3 Å². The summed E-state index contributed by atoms with van der Waals surface area (Å²) in [5.74, 6) is 1.70. The van der Waals surface area contributed by atoms with Crippen LogP contribution in [-0.4, -0.2) is 20.3 Å². The van der Waals surface area contributed by atoms with Crippen LogP contribution in [0.4, 0.5) is 0 Å². The highest BCUT2D eigenvalue weighted by Gasteiger charge is 2.02. The third-order valence-corrected chi connectivity index (χ3v) is 3.35. The summed E-state index contributed by atoms with van der Waals surface area (Å²) in [6.07, 6.45) is 0. The molecule has 2 rings (SSSR count). The standard InChI is InChI=1S/C16H18BrNO2/c1-18-12-13-7-8-16(15(17)11-13)20-10-9-19-14-5-3-2-4-6-14/h2-8,11,18H,9-10,12H2,1H3. The molecule has 2 aromatic carbocycles. The van der Waals surface area contributed by atoms with Crippen molar-refractivity contribution in [3.05, 3.63) is 58.6 Å². The molecule has 0 saturated heterocycles. The van der Waals surface area contributed by atoms with E-state index in [2.05, 4.69) is 33.4 Å². The fourth-order valence-corrected chi connectivity index (χ4v) is 2.34. The molecule has 0 amide bonds. The zero-order chi connectivity index (χ0) is 14.2. The van der Waals surface area contributed by atoms with Gasteiger partial charge in [0.2, 0.25) is 0 Å². The third kappa shape index (κ3) is 4.54. The molecular weight excluding hydrogens is 318 g/mol. The molecule has 0 fully saturated rings. The average molecular weight is 336 g/mol. The van der Waals surface area contributed by atoms with Gasteiger partial charge in [-0.25, -0.2) is 0 Å². The fourth-order valence-electron chi connectivity index (χ4n) is 1.80. The third-order valence-electron chi connectivity index (χ3n) is 2.73.